The second kappa shape index (κ2) is 47.7. The molecule has 0 aromatic heterocycles. The minimum atomic E-state index is -3.29. The Morgan fingerprint density at radius 2 is 0.354 bits per heavy atom. The summed E-state index contributed by atoms with van der Waals surface area (Å²) in [5.41, 5.74) is 20.5. The summed E-state index contributed by atoms with van der Waals surface area (Å²) in [6.07, 6.45) is 4.58. The third-order valence-electron chi connectivity index (χ3n) is 19.0. The first-order chi connectivity index (χ1) is 55.3. The van der Waals surface area contributed by atoms with Crippen molar-refractivity contribution < 1.29 is 80.5 Å². The zero-order valence-corrected chi connectivity index (χ0v) is 73.2. The number of benzene rings is 8. The van der Waals surface area contributed by atoms with Crippen molar-refractivity contribution in [3.63, 3.8) is 0 Å². The average Bonchev–Trinajstić information content (AvgIpc) is 0.933. The largest absolute Gasteiger partial charge is 0.491 e. The predicted octanol–water partition coefficient (Wildman–Crippen LogP) is 18.1. The molecule has 17 nitrogen and oxygen atoms in total. The standard InChI is InChI=1S/C44H48Cl4O8.C40H44O8.C2H5ClO.4ClH.Sn/c45-25-29-13-33-21-34-14-30(26-46)18-38-24-40-20-32(28-48)16-36-22-35-15-31(27-47)19-39(43(35)55-11-7-51-3-4-52-8-12-56-44(36)40)23-37(17-29)41(33)53-9-5-49-1-2-50-6-10-54-42(34)38;1-5-29-25-30-6-2-11-35-28-36-12-4-8-32-26-31-7-3-10-34(39(31)47-23-19-43-15-16-44-20-24-48-40(32)36)27-33(9-1)37(29)45-21-17-41-13-14-42-18-22-46-38(30)35;1-4-2-3;;;;;/h13-20H,1-12,21-28H2;1-12H,13-28H2;2H2,1H3;4*1H;/q;;;;;;;+4/p-4. The van der Waals surface area contributed by atoms with Gasteiger partial charge in [0, 0.05) is 82.0 Å². The van der Waals surface area contributed by atoms with Crippen LogP contribution < -0.4 is 37.9 Å². The second-order valence-electron chi connectivity index (χ2n) is 27.1. The Bertz CT molecular complexity index is 3800. The molecule has 610 valence electrons. The van der Waals surface area contributed by atoms with Gasteiger partial charge in [0.15, 0.2) is 0 Å². The molecule has 24 bridgehead atoms. The van der Waals surface area contributed by atoms with Crippen LogP contribution in [-0.2, 0) is 118 Å². The second-order valence-corrected chi connectivity index (χ2v) is 53.8. The molecule has 0 fully saturated rings. The first-order valence-corrected chi connectivity index (χ1v) is 55.1. The van der Waals surface area contributed by atoms with Crippen molar-refractivity contribution in [2.45, 2.75) is 74.9 Å². The molecule has 27 heteroatoms. The molecular formula is C86H97Cl9O17Sn. The smallest absolute Gasteiger partial charge is 0.126 e. The number of halogens is 9. The van der Waals surface area contributed by atoms with Gasteiger partial charge in [-0.05, 0) is 111 Å². The van der Waals surface area contributed by atoms with E-state index in [1.165, 1.54) is 0 Å². The average molecular weight is 1840 g/mol. The van der Waals surface area contributed by atoms with Gasteiger partial charge in [0.05, 0.1) is 106 Å². The minimum absolute atomic E-state index is 0.292. The topological polar surface area (TPSA) is 157 Å². The predicted molar refractivity (Wildman–Crippen MR) is 450 cm³/mol. The number of hydrogen-bond acceptors (Lipinski definition) is 17. The Kier molecular flexibility index (Phi) is 37.6. The van der Waals surface area contributed by atoms with E-state index in [1.54, 1.807) is 7.11 Å². The molecule has 8 aromatic rings. The van der Waals surface area contributed by atoms with Crippen LogP contribution in [0.4, 0.5) is 0 Å². The molecule has 6 aliphatic rings. The minimum Gasteiger partial charge on any atom is -0.491 e. The number of ether oxygens (including phenoxy) is 17. The van der Waals surface area contributed by atoms with Crippen molar-refractivity contribution in [1.82, 2.24) is 0 Å². The quantitative estimate of drug-likeness (QED) is 0.118. The fourth-order valence-corrected chi connectivity index (χ4v) is 15.0. The monoisotopic (exact) mass is 1840 g/mol. The number of rotatable bonds is 5. The van der Waals surface area contributed by atoms with Crippen LogP contribution in [0.3, 0.4) is 0 Å². The van der Waals surface area contributed by atoms with Gasteiger partial charge < -0.3 is 80.5 Å². The van der Waals surface area contributed by atoms with E-state index in [0.29, 0.717) is 240 Å². The van der Waals surface area contributed by atoms with Gasteiger partial charge in [0.25, 0.3) is 0 Å². The number of alkyl halides is 5. The van der Waals surface area contributed by atoms with Crippen LogP contribution in [-0.4, -0.2) is 186 Å². The van der Waals surface area contributed by atoms with Crippen LogP contribution in [0.15, 0.2) is 121 Å². The van der Waals surface area contributed by atoms with E-state index in [-0.39, 0.29) is 0 Å². The normalized spacial score (nSPS) is 16.8. The summed E-state index contributed by atoms with van der Waals surface area (Å²) in [5.74, 6) is 7.97. The van der Waals surface area contributed by atoms with Gasteiger partial charge in [-0.25, -0.2) is 0 Å². The maximum absolute atomic E-state index is 6.71. The molecule has 0 atom stereocenters. The molecule has 0 amide bonds. The molecule has 14 rings (SSSR count). The molecule has 4 heterocycles. The van der Waals surface area contributed by atoms with Crippen molar-refractivity contribution in [1.29, 1.82) is 0 Å². The summed E-state index contributed by atoms with van der Waals surface area (Å²) in [7, 11) is 21.7. The van der Waals surface area contributed by atoms with Crippen LogP contribution in [0.5, 0.6) is 46.0 Å². The number of hydrogen-bond donors (Lipinski definition) is 0. The van der Waals surface area contributed by atoms with E-state index >= 15 is 0 Å². The molecule has 0 radical (unpaired) electrons. The van der Waals surface area contributed by atoms with Gasteiger partial charge >= 0.3 is 49.6 Å². The molecule has 0 unspecified atom stereocenters. The fraction of sp³-hybridized carbons (Fsp3) is 0.442. The maximum Gasteiger partial charge on any atom is 0.126 e. The van der Waals surface area contributed by atoms with E-state index < -0.39 is 13.9 Å². The summed E-state index contributed by atoms with van der Waals surface area (Å²) in [5, 5.41) is 0. The molecular weight excluding hydrogens is 1740 g/mol. The van der Waals surface area contributed by atoms with Gasteiger partial charge in [-0.15, -0.1) is 46.4 Å². The van der Waals surface area contributed by atoms with Gasteiger partial charge in [-0.2, -0.15) is 0 Å². The van der Waals surface area contributed by atoms with Crippen LogP contribution in [0.2, 0.25) is 0 Å². The van der Waals surface area contributed by atoms with Crippen molar-refractivity contribution in [3.8, 4) is 46.0 Å². The van der Waals surface area contributed by atoms with Gasteiger partial charge in [0.1, 0.15) is 105 Å². The van der Waals surface area contributed by atoms with E-state index in [4.69, 9.17) is 169 Å². The van der Waals surface area contributed by atoms with E-state index in [1.807, 2.05) is 0 Å². The third-order valence-corrected chi connectivity index (χ3v) is 20.4. The molecule has 0 saturated heterocycles. The number of methoxy groups -OCH3 is 1. The van der Waals surface area contributed by atoms with Crippen LogP contribution >= 0.6 is 93.7 Å². The Morgan fingerprint density at radius 3 is 0.487 bits per heavy atom. The zero-order valence-electron chi connectivity index (χ0n) is 63.6. The van der Waals surface area contributed by atoms with E-state index in [9.17, 15) is 0 Å². The first-order valence-electron chi connectivity index (χ1n) is 38.0. The van der Waals surface area contributed by atoms with Crippen molar-refractivity contribution in [2.75, 3.05) is 172 Å². The van der Waals surface area contributed by atoms with E-state index in [2.05, 4.69) is 126 Å². The van der Waals surface area contributed by atoms with Gasteiger partial charge in [-0.3, -0.25) is 0 Å². The Hall–Kier alpha value is -4.79. The van der Waals surface area contributed by atoms with Gasteiger partial charge in [-0.1, -0.05) is 133 Å². The summed E-state index contributed by atoms with van der Waals surface area (Å²) in [6, 6.07) is 43.1. The molecule has 4 aliphatic heterocycles. The Labute approximate surface area is 707 Å². The third kappa shape index (κ3) is 27.4. The maximum atomic E-state index is 6.71. The molecule has 113 heavy (non-hydrogen) atoms. The van der Waals surface area contributed by atoms with Crippen molar-refractivity contribution in [3.05, 3.63) is 233 Å². The van der Waals surface area contributed by atoms with Crippen molar-refractivity contribution >= 4 is 108 Å². The summed E-state index contributed by atoms with van der Waals surface area (Å²) in [4.78, 5) is 0. The summed E-state index contributed by atoms with van der Waals surface area (Å²) < 4.78 is 104. The SMILES string of the molecule is COCCl.ClCc1cc2c3c(c1)Cc1cc(CCl)cc4c1OCCOCCOCCOc1c(cc(CCl)cc1Cc1cc(CCl)cc(c1OCCOCCOCCO3)C2)C4.[Cl][Sn]([Cl])([Cl])[Cl].c1cc2c3c(c1)Cc1cccc4c1OCCOCCOCCOc1c(cccc1Cc1cccc(c1OCCOCCOCCO3)C2)C4. The number of para-hydroxylation sites is 4. The van der Waals surface area contributed by atoms with Crippen molar-refractivity contribution in [2.24, 2.45) is 0 Å². The van der Waals surface area contributed by atoms with Crippen LogP contribution in [0.25, 0.3) is 0 Å². The summed E-state index contributed by atoms with van der Waals surface area (Å²) >= 11 is 28.2. The Balaban J connectivity index is 0.000000203. The van der Waals surface area contributed by atoms with Crippen LogP contribution in [0.1, 0.15) is 111 Å². The first kappa shape index (κ1) is 89.0. The molecule has 8 aromatic carbocycles. The zero-order chi connectivity index (χ0) is 79.0. The Morgan fingerprint density at radius 1 is 0.230 bits per heavy atom. The van der Waals surface area contributed by atoms with Gasteiger partial charge in [0.2, 0.25) is 0 Å². The molecule has 0 saturated carbocycles. The molecule has 0 N–H and O–H groups in total. The molecule has 0 spiro atoms. The van der Waals surface area contributed by atoms with Crippen LogP contribution in [0, 0.1) is 0 Å². The molecule has 2 aliphatic carbocycles. The van der Waals surface area contributed by atoms with E-state index in [0.717, 1.165) is 157 Å². The summed E-state index contributed by atoms with van der Waals surface area (Å²) in [6.45, 7) is 10.5. The fourth-order valence-electron chi connectivity index (χ4n) is 14.4.